The molecule has 0 fully saturated rings. The maximum atomic E-state index is 14.3. The molecule has 0 spiro atoms. The first-order chi connectivity index (χ1) is 16.1. The maximum Gasteiger partial charge on any atom is 0.244 e. The third-order valence-corrected chi connectivity index (χ3v) is 7.47. The molecule has 5 nitrogen and oxygen atoms in total. The zero-order chi connectivity index (χ0) is 24.6. The van der Waals surface area contributed by atoms with Crippen molar-refractivity contribution in [2.45, 2.75) is 23.4 Å². The van der Waals surface area contributed by atoms with Crippen molar-refractivity contribution >= 4 is 50.5 Å². The summed E-state index contributed by atoms with van der Waals surface area (Å²) in [6, 6.07) is 11.1. The Morgan fingerprint density at radius 1 is 0.941 bits per heavy atom. The lowest BCUT2D eigenvalue weighted by Crippen LogP contribution is -2.34. The van der Waals surface area contributed by atoms with E-state index in [2.05, 4.69) is 15.2 Å². The van der Waals surface area contributed by atoms with E-state index in [1.807, 2.05) is 0 Å². The number of rotatable bonds is 6. The largest absolute Gasteiger partial charge is 0.302 e. The van der Waals surface area contributed by atoms with Crippen LogP contribution in [-0.2, 0) is 10.0 Å². The Kier molecular flexibility index (Phi) is 7.12. The van der Waals surface area contributed by atoms with E-state index in [1.165, 1.54) is 18.2 Å². The second-order valence-corrected chi connectivity index (χ2v) is 10.4. The predicted molar refractivity (Wildman–Crippen MR) is 125 cm³/mol. The Bertz CT molecular complexity index is 1390. The van der Waals surface area contributed by atoms with Crippen molar-refractivity contribution in [1.29, 1.82) is 0 Å². The summed E-state index contributed by atoms with van der Waals surface area (Å²) in [6.07, 6.45) is 0.258. The molecular formula is C22H15Cl3F3N3O2S. The van der Waals surface area contributed by atoms with E-state index >= 15 is 0 Å². The Labute approximate surface area is 208 Å². The molecule has 178 valence electrons. The highest BCUT2D eigenvalue weighted by atomic mass is 35.5. The van der Waals surface area contributed by atoms with Crippen LogP contribution in [0.3, 0.4) is 0 Å². The van der Waals surface area contributed by atoms with Crippen molar-refractivity contribution in [3.63, 3.8) is 0 Å². The van der Waals surface area contributed by atoms with E-state index in [9.17, 15) is 21.6 Å². The fourth-order valence-electron chi connectivity index (χ4n) is 3.51. The van der Waals surface area contributed by atoms with Crippen molar-refractivity contribution in [2.24, 2.45) is 5.10 Å². The second-order valence-electron chi connectivity index (χ2n) is 7.43. The van der Waals surface area contributed by atoms with Crippen molar-refractivity contribution in [3.05, 3.63) is 98.2 Å². The molecule has 4 rings (SSSR count). The number of benzene rings is 3. The topological polar surface area (TPSA) is 70.6 Å². The van der Waals surface area contributed by atoms with Gasteiger partial charge >= 0.3 is 0 Å². The van der Waals surface area contributed by atoms with Crippen LogP contribution in [0.15, 0.2) is 64.6 Å². The SMILES string of the molecule is O=S(=O)(NC(C1=NNC(c2ccc(Cl)cc2)C1)c1ccc(Cl)cc1Cl)c1ccc(F)c(F)c1F. The molecule has 1 aliphatic rings. The highest BCUT2D eigenvalue weighted by Crippen LogP contribution is 2.34. The molecule has 0 amide bonds. The summed E-state index contributed by atoms with van der Waals surface area (Å²) in [7, 11) is -4.68. The first-order valence-corrected chi connectivity index (χ1v) is 12.4. The molecule has 0 radical (unpaired) electrons. The standard InChI is InChI=1S/C22H15Cl3F3N3O2S/c23-12-3-1-11(2-4-12)17-10-18(30-29-17)22(14-6-5-13(24)9-15(14)25)31-34(32,33)19-8-7-16(26)20(27)21(19)28/h1-9,17,22,29,31H,10H2. The molecule has 2 N–H and O–H groups in total. The fraction of sp³-hybridized carbons (Fsp3) is 0.136. The Balaban J connectivity index is 1.71. The normalized spacial score (nSPS) is 16.8. The number of hydrogen-bond acceptors (Lipinski definition) is 4. The lowest BCUT2D eigenvalue weighted by atomic mass is 9.96. The van der Waals surface area contributed by atoms with Crippen LogP contribution in [0.25, 0.3) is 0 Å². The molecule has 12 heteroatoms. The lowest BCUT2D eigenvalue weighted by Gasteiger charge is -2.21. The average Bonchev–Trinajstić information content (AvgIpc) is 3.27. The first-order valence-electron chi connectivity index (χ1n) is 9.75. The van der Waals surface area contributed by atoms with Gasteiger partial charge in [0, 0.05) is 21.5 Å². The quantitative estimate of drug-likeness (QED) is 0.362. The third-order valence-electron chi connectivity index (χ3n) is 5.22. The smallest absolute Gasteiger partial charge is 0.244 e. The summed E-state index contributed by atoms with van der Waals surface area (Å²) in [6.45, 7) is 0. The molecule has 1 heterocycles. The van der Waals surface area contributed by atoms with E-state index < -0.39 is 38.4 Å². The molecule has 34 heavy (non-hydrogen) atoms. The molecule has 2 atom stereocenters. The summed E-state index contributed by atoms with van der Waals surface area (Å²) in [5, 5.41) is 5.27. The molecule has 0 saturated heterocycles. The van der Waals surface area contributed by atoms with Crippen LogP contribution < -0.4 is 10.1 Å². The van der Waals surface area contributed by atoms with Gasteiger partial charge in [0.25, 0.3) is 0 Å². The summed E-state index contributed by atoms with van der Waals surface area (Å²) >= 11 is 18.2. The van der Waals surface area contributed by atoms with E-state index in [-0.39, 0.29) is 23.0 Å². The van der Waals surface area contributed by atoms with E-state index in [0.29, 0.717) is 27.9 Å². The molecule has 1 aliphatic heterocycles. The summed E-state index contributed by atoms with van der Waals surface area (Å²) in [4.78, 5) is -1.05. The zero-order valence-corrected chi connectivity index (χ0v) is 20.1. The highest BCUT2D eigenvalue weighted by molar-refractivity contribution is 7.89. The predicted octanol–water partition coefficient (Wildman–Crippen LogP) is 6.17. The van der Waals surface area contributed by atoms with Crippen molar-refractivity contribution in [2.75, 3.05) is 0 Å². The van der Waals surface area contributed by atoms with Gasteiger partial charge < -0.3 is 5.43 Å². The van der Waals surface area contributed by atoms with Gasteiger partial charge in [0.05, 0.1) is 17.8 Å². The lowest BCUT2D eigenvalue weighted by molar-refractivity contribution is 0.431. The van der Waals surface area contributed by atoms with Crippen LogP contribution in [0.4, 0.5) is 13.2 Å². The molecule has 3 aromatic carbocycles. The molecule has 0 saturated carbocycles. The molecule has 2 unspecified atom stereocenters. The van der Waals surface area contributed by atoms with Crippen LogP contribution in [0.2, 0.25) is 15.1 Å². The first kappa shape index (κ1) is 24.8. The summed E-state index contributed by atoms with van der Waals surface area (Å²) in [5.74, 6) is -5.24. The van der Waals surface area contributed by atoms with Gasteiger partial charge in [-0.15, -0.1) is 0 Å². The maximum absolute atomic E-state index is 14.3. The average molecular weight is 549 g/mol. The number of sulfonamides is 1. The van der Waals surface area contributed by atoms with Gasteiger partial charge in [0.2, 0.25) is 10.0 Å². The van der Waals surface area contributed by atoms with Gasteiger partial charge in [0.15, 0.2) is 17.5 Å². The monoisotopic (exact) mass is 547 g/mol. The van der Waals surface area contributed by atoms with Gasteiger partial charge in [-0.05, 0) is 47.5 Å². The van der Waals surface area contributed by atoms with E-state index in [0.717, 1.165) is 5.56 Å². The molecule has 0 aromatic heterocycles. The van der Waals surface area contributed by atoms with Gasteiger partial charge in [-0.1, -0.05) is 53.0 Å². The number of hydrazone groups is 1. The van der Waals surface area contributed by atoms with Crippen molar-refractivity contribution in [1.82, 2.24) is 10.1 Å². The number of nitrogens with one attached hydrogen (secondary N) is 2. The number of halogens is 6. The van der Waals surface area contributed by atoms with E-state index in [4.69, 9.17) is 34.8 Å². The van der Waals surface area contributed by atoms with Gasteiger partial charge in [0.1, 0.15) is 4.90 Å². The van der Waals surface area contributed by atoms with Gasteiger partial charge in [-0.25, -0.2) is 21.6 Å². The van der Waals surface area contributed by atoms with Crippen molar-refractivity contribution in [3.8, 4) is 0 Å². The van der Waals surface area contributed by atoms with Crippen LogP contribution >= 0.6 is 34.8 Å². The van der Waals surface area contributed by atoms with Gasteiger partial charge in [-0.3, -0.25) is 0 Å². The Hall–Kier alpha value is -2.30. The van der Waals surface area contributed by atoms with Crippen molar-refractivity contribution < 1.29 is 21.6 Å². The van der Waals surface area contributed by atoms with E-state index in [1.54, 1.807) is 24.3 Å². The minimum atomic E-state index is -4.68. The second kappa shape index (κ2) is 9.75. The minimum Gasteiger partial charge on any atom is -0.302 e. The summed E-state index contributed by atoms with van der Waals surface area (Å²) in [5.41, 5.74) is 4.40. The number of nitrogens with zero attached hydrogens (tertiary/aromatic N) is 1. The highest BCUT2D eigenvalue weighted by Gasteiger charge is 2.34. The zero-order valence-electron chi connectivity index (χ0n) is 17.0. The third kappa shape index (κ3) is 5.04. The molecule has 3 aromatic rings. The minimum absolute atomic E-state index is 0.128. The molecule has 0 bridgehead atoms. The van der Waals surface area contributed by atoms with Crippen LogP contribution in [-0.4, -0.2) is 14.1 Å². The van der Waals surface area contributed by atoms with Gasteiger partial charge in [-0.2, -0.15) is 9.82 Å². The molecular weight excluding hydrogens is 534 g/mol. The Morgan fingerprint density at radius 2 is 1.62 bits per heavy atom. The fourth-order valence-corrected chi connectivity index (χ4v) is 5.43. The summed E-state index contributed by atoms with van der Waals surface area (Å²) < 4.78 is 69.8. The Morgan fingerprint density at radius 3 is 2.29 bits per heavy atom. The number of hydrogen-bond donors (Lipinski definition) is 2. The van der Waals surface area contributed by atoms with Crippen LogP contribution in [0.1, 0.15) is 29.6 Å². The van der Waals surface area contributed by atoms with Crippen LogP contribution in [0.5, 0.6) is 0 Å². The van der Waals surface area contributed by atoms with Crippen LogP contribution in [0, 0.1) is 17.5 Å². The molecule has 0 aliphatic carbocycles.